The molecule has 0 aliphatic carbocycles. The number of halogens is 1. The minimum absolute atomic E-state index is 0.0376. The fraction of sp³-hybridized carbons (Fsp3) is 0.267. The lowest BCUT2D eigenvalue weighted by molar-refractivity contribution is 0.0694. The zero-order chi connectivity index (χ0) is 14.9. The molecule has 0 amide bonds. The molecular formula is C15H15FN2O2. The summed E-state index contributed by atoms with van der Waals surface area (Å²) < 4.78 is 13.3. The lowest BCUT2D eigenvalue weighted by atomic mass is 10.0. The van der Waals surface area contributed by atoms with Gasteiger partial charge >= 0.3 is 5.97 Å². The van der Waals surface area contributed by atoms with E-state index in [1.807, 2.05) is 13.8 Å². The standard InChI is InChI=1S/C15H15FN2O2/c1-8(2)13-11(15(19)20)7-17-14(18-13)10-4-5-12(16)9(3)6-10/h4-8H,1-3H3,(H,19,20). The van der Waals surface area contributed by atoms with Crippen molar-refractivity contribution >= 4 is 5.97 Å². The van der Waals surface area contributed by atoms with Crippen LogP contribution in [-0.2, 0) is 0 Å². The summed E-state index contributed by atoms with van der Waals surface area (Å²) in [7, 11) is 0. The average molecular weight is 274 g/mol. The van der Waals surface area contributed by atoms with Crippen molar-refractivity contribution in [3.63, 3.8) is 0 Å². The van der Waals surface area contributed by atoms with Crippen LogP contribution >= 0.6 is 0 Å². The molecule has 0 radical (unpaired) electrons. The van der Waals surface area contributed by atoms with E-state index in [2.05, 4.69) is 9.97 Å². The van der Waals surface area contributed by atoms with E-state index in [-0.39, 0.29) is 17.3 Å². The van der Waals surface area contributed by atoms with Gasteiger partial charge in [-0.2, -0.15) is 0 Å². The molecule has 2 rings (SSSR count). The molecule has 0 saturated heterocycles. The van der Waals surface area contributed by atoms with E-state index in [1.54, 1.807) is 19.1 Å². The Kier molecular flexibility index (Phi) is 3.79. The van der Waals surface area contributed by atoms with Gasteiger partial charge < -0.3 is 5.11 Å². The molecule has 5 heteroatoms. The number of rotatable bonds is 3. The second kappa shape index (κ2) is 5.36. The normalized spacial score (nSPS) is 10.8. The van der Waals surface area contributed by atoms with Gasteiger partial charge in [0.2, 0.25) is 0 Å². The van der Waals surface area contributed by atoms with Crippen LogP contribution in [0.4, 0.5) is 4.39 Å². The molecule has 20 heavy (non-hydrogen) atoms. The molecule has 0 fully saturated rings. The van der Waals surface area contributed by atoms with Gasteiger partial charge in [0, 0.05) is 11.8 Å². The third-order valence-electron chi connectivity index (χ3n) is 3.01. The summed E-state index contributed by atoms with van der Waals surface area (Å²) in [5.74, 6) is -0.971. The number of aryl methyl sites for hydroxylation is 1. The molecule has 2 aromatic rings. The summed E-state index contributed by atoms with van der Waals surface area (Å²) >= 11 is 0. The summed E-state index contributed by atoms with van der Waals surface area (Å²) in [4.78, 5) is 19.5. The second-order valence-corrected chi connectivity index (χ2v) is 4.92. The molecule has 104 valence electrons. The number of nitrogens with zero attached hydrogens (tertiary/aromatic N) is 2. The number of hydrogen-bond acceptors (Lipinski definition) is 3. The van der Waals surface area contributed by atoms with Gasteiger partial charge in [0.15, 0.2) is 5.82 Å². The Bertz CT molecular complexity index is 669. The first-order valence-corrected chi connectivity index (χ1v) is 6.27. The average Bonchev–Trinajstić information content (AvgIpc) is 2.41. The summed E-state index contributed by atoms with van der Waals surface area (Å²) in [5, 5.41) is 9.13. The van der Waals surface area contributed by atoms with Crippen LogP contribution in [0.5, 0.6) is 0 Å². The molecule has 0 saturated carbocycles. The van der Waals surface area contributed by atoms with Crippen molar-refractivity contribution in [2.24, 2.45) is 0 Å². The molecule has 0 unspecified atom stereocenters. The Morgan fingerprint density at radius 3 is 2.60 bits per heavy atom. The lowest BCUT2D eigenvalue weighted by Gasteiger charge is -2.10. The van der Waals surface area contributed by atoms with Gasteiger partial charge in [-0.05, 0) is 36.6 Å². The maximum atomic E-state index is 13.3. The SMILES string of the molecule is Cc1cc(-c2ncc(C(=O)O)c(C(C)C)n2)ccc1F. The highest BCUT2D eigenvalue weighted by Gasteiger charge is 2.17. The molecule has 0 bridgehead atoms. The van der Waals surface area contributed by atoms with Gasteiger partial charge in [-0.3, -0.25) is 0 Å². The minimum atomic E-state index is -1.05. The van der Waals surface area contributed by atoms with E-state index in [0.29, 0.717) is 22.6 Å². The topological polar surface area (TPSA) is 63.1 Å². The summed E-state index contributed by atoms with van der Waals surface area (Å²) in [5.41, 5.74) is 1.74. The molecule has 1 N–H and O–H groups in total. The zero-order valence-corrected chi connectivity index (χ0v) is 11.5. The Morgan fingerprint density at radius 2 is 2.05 bits per heavy atom. The Labute approximate surface area is 116 Å². The molecule has 1 heterocycles. The van der Waals surface area contributed by atoms with Gasteiger partial charge in [-0.1, -0.05) is 13.8 Å². The molecule has 0 spiro atoms. The van der Waals surface area contributed by atoms with E-state index in [9.17, 15) is 9.18 Å². The fourth-order valence-electron chi connectivity index (χ4n) is 1.92. The first-order valence-electron chi connectivity index (χ1n) is 6.27. The third-order valence-corrected chi connectivity index (χ3v) is 3.01. The maximum Gasteiger partial charge on any atom is 0.339 e. The van der Waals surface area contributed by atoms with Crippen LogP contribution in [0.1, 0.15) is 41.4 Å². The van der Waals surface area contributed by atoms with Crippen LogP contribution < -0.4 is 0 Å². The zero-order valence-electron chi connectivity index (χ0n) is 11.5. The molecule has 1 aromatic carbocycles. The molecule has 0 aliphatic heterocycles. The van der Waals surface area contributed by atoms with E-state index in [0.717, 1.165) is 0 Å². The maximum absolute atomic E-state index is 13.3. The number of carbonyl (C=O) groups is 1. The third kappa shape index (κ3) is 2.66. The summed E-state index contributed by atoms with van der Waals surface area (Å²) in [6.07, 6.45) is 1.30. The van der Waals surface area contributed by atoms with Crippen molar-refractivity contribution in [2.75, 3.05) is 0 Å². The van der Waals surface area contributed by atoms with Crippen molar-refractivity contribution in [3.05, 3.63) is 47.0 Å². The monoisotopic (exact) mass is 274 g/mol. The highest BCUT2D eigenvalue weighted by atomic mass is 19.1. The lowest BCUT2D eigenvalue weighted by Crippen LogP contribution is -2.08. The van der Waals surface area contributed by atoms with Crippen LogP contribution in [0.2, 0.25) is 0 Å². The van der Waals surface area contributed by atoms with Crippen LogP contribution in [0.15, 0.2) is 24.4 Å². The molecule has 4 nitrogen and oxygen atoms in total. The Balaban J connectivity index is 2.55. The van der Waals surface area contributed by atoms with Crippen molar-refractivity contribution < 1.29 is 14.3 Å². The van der Waals surface area contributed by atoms with Gasteiger partial charge in [-0.25, -0.2) is 19.2 Å². The highest BCUT2D eigenvalue weighted by molar-refractivity contribution is 5.88. The number of carboxylic acid groups (broad SMARTS) is 1. The van der Waals surface area contributed by atoms with E-state index < -0.39 is 5.97 Å². The van der Waals surface area contributed by atoms with E-state index >= 15 is 0 Å². The predicted molar refractivity (Wildman–Crippen MR) is 73.2 cm³/mol. The van der Waals surface area contributed by atoms with Crippen LogP contribution in [0, 0.1) is 12.7 Å². The number of benzene rings is 1. The largest absolute Gasteiger partial charge is 0.478 e. The summed E-state index contributed by atoms with van der Waals surface area (Å²) in [6, 6.07) is 4.59. The van der Waals surface area contributed by atoms with Crippen LogP contribution in [0.25, 0.3) is 11.4 Å². The first kappa shape index (κ1) is 14.1. The van der Waals surface area contributed by atoms with E-state index in [1.165, 1.54) is 12.3 Å². The van der Waals surface area contributed by atoms with Gasteiger partial charge in [0.1, 0.15) is 5.82 Å². The smallest absolute Gasteiger partial charge is 0.339 e. The fourth-order valence-corrected chi connectivity index (χ4v) is 1.92. The second-order valence-electron chi connectivity index (χ2n) is 4.92. The number of aromatic carboxylic acids is 1. The van der Waals surface area contributed by atoms with Gasteiger partial charge in [0.05, 0.1) is 11.3 Å². The van der Waals surface area contributed by atoms with Crippen molar-refractivity contribution in [1.82, 2.24) is 9.97 Å². The van der Waals surface area contributed by atoms with Crippen LogP contribution in [0.3, 0.4) is 0 Å². The van der Waals surface area contributed by atoms with Crippen molar-refractivity contribution in [1.29, 1.82) is 0 Å². The first-order chi connectivity index (χ1) is 9.40. The molecular weight excluding hydrogens is 259 g/mol. The summed E-state index contributed by atoms with van der Waals surface area (Å²) in [6.45, 7) is 5.40. The van der Waals surface area contributed by atoms with E-state index in [4.69, 9.17) is 5.11 Å². The van der Waals surface area contributed by atoms with Gasteiger partial charge in [-0.15, -0.1) is 0 Å². The number of aromatic nitrogens is 2. The number of hydrogen-bond donors (Lipinski definition) is 1. The molecule has 0 atom stereocenters. The Hall–Kier alpha value is -2.30. The minimum Gasteiger partial charge on any atom is -0.478 e. The van der Waals surface area contributed by atoms with Gasteiger partial charge in [0.25, 0.3) is 0 Å². The molecule has 0 aliphatic rings. The van der Waals surface area contributed by atoms with Crippen molar-refractivity contribution in [2.45, 2.75) is 26.7 Å². The quantitative estimate of drug-likeness (QED) is 0.931. The van der Waals surface area contributed by atoms with Crippen molar-refractivity contribution in [3.8, 4) is 11.4 Å². The van der Waals surface area contributed by atoms with Crippen LogP contribution in [-0.4, -0.2) is 21.0 Å². The Morgan fingerprint density at radius 1 is 1.35 bits per heavy atom. The number of carboxylic acids is 1. The predicted octanol–water partition coefficient (Wildman–Crippen LogP) is 3.41. The molecule has 1 aromatic heterocycles. The highest BCUT2D eigenvalue weighted by Crippen LogP contribution is 2.23.